The van der Waals surface area contributed by atoms with Gasteiger partial charge in [0.15, 0.2) is 0 Å². The number of aromatic nitrogens is 2. The molecule has 0 aliphatic carbocycles. The molecular weight excluding hydrogens is 326 g/mol. The third-order valence-electron chi connectivity index (χ3n) is 4.69. The molecule has 1 unspecified atom stereocenters. The highest BCUT2D eigenvalue weighted by molar-refractivity contribution is 5.90. The van der Waals surface area contributed by atoms with Crippen LogP contribution < -0.4 is 15.5 Å². The average molecular weight is 353 g/mol. The number of hydrogen-bond acceptors (Lipinski definition) is 5. The smallest absolute Gasteiger partial charge is 0.224 e. The highest BCUT2D eigenvalue weighted by Crippen LogP contribution is 2.25. The Hall–Kier alpha value is -2.63. The third kappa shape index (κ3) is 5.18. The maximum absolute atomic E-state index is 12.2. The second kappa shape index (κ2) is 9.17. The van der Waals surface area contributed by atoms with Crippen molar-refractivity contribution in [3.63, 3.8) is 0 Å². The second-order valence-corrected chi connectivity index (χ2v) is 6.70. The molecule has 1 aromatic heterocycles. The van der Waals surface area contributed by atoms with E-state index in [0.29, 0.717) is 12.3 Å². The van der Waals surface area contributed by atoms with E-state index in [-0.39, 0.29) is 5.91 Å². The second-order valence-electron chi connectivity index (χ2n) is 6.70. The van der Waals surface area contributed by atoms with Crippen molar-refractivity contribution in [1.82, 2.24) is 9.97 Å². The van der Waals surface area contributed by atoms with Crippen LogP contribution in [0.15, 0.2) is 42.7 Å². The number of carbonyl (C=O) groups excluding carboxylic acids is 1. The van der Waals surface area contributed by atoms with E-state index >= 15 is 0 Å². The molecule has 1 atom stereocenters. The van der Waals surface area contributed by atoms with Gasteiger partial charge in [0.05, 0.1) is 0 Å². The van der Waals surface area contributed by atoms with Crippen molar-refractivity contribution in [2.24, 2.45) is 5.92 Å². The van der Waals surface area contributed by atoms with Gasteiger partial charge in [-0.25, -0.2) is 9.97 Å². The van der Waals surface area contributed by atoms with E-state index in [1.807, 2.05) is 36.4 Å². The van der Waals surface area contributed by atoms with Gasteiger partial charge >= 0.3 is 0 Å². The molecule has 0 bridgehead atoms. The van der Waals surface area contributed by atoms with Gasteiger partial charge in [-0.05, 0) is 44.2 Å². The number of benzene rings is 1. The van der Waals surface area contributed by atoms with Gasteiger partial charge < -0.3 is 15.5 Å². The fourth-order valence-electron chi connectivity index (χ4n) is 3.39. The van der Waals surface area contributed by atoms with Gasteiger partial charge in [0.25, 0.3) is 0 Å². The van der Waals surface area contributed by atoms with Crippen molar-refractivity contribution in [1.29, 1.82) is 0 Å². The predicted molar refractivity (Wildman–Crippen MR) is 105 cm³/mol. The molecule has 0 radical (unpaired) electrons. The first-order chi connectivity index (χ1) is 12.7. The van der Waals surface area contributed by atoms with Crippen molar-refractivity contribution in [3.8, 4) is 0 Å². The average Bonchev–Trinajstić information content (AvgIpc) is 2.68. The summed E-state index contributed by atoms with van der Waals surface area (Å²) in [5, 5.41) is 6.20. The number of amides is 1. The Labute approximate surface area is 155 Å². The van der Waals surface area contributed by atoms with Crippen LogP contribution in [0.1, 0.15) is 32.6 Å². The van der Waals surface area contributed by atoms with Gasteiger partial charge in [-0.15, -0.1) is 0 Å². The highest BCUT2D eigenvalue weighted by Gasteiger charge is 2.22. The van der Waals surface area contributed by atoms with Gasteiger partial charge in [-0.3, -0.25) is 4.79 Å². The molecule has 1 aliphatic heterocycles. The molecule has 2 N–H and O–H groups in total. The minimum absolute atomic E-state index is 0.0878. The minimum atomic E-state index is 0.0878. The molecule has 0 spiro atoms. The van der Waals surface area contributed by atoms with E-state index in [4.69, 9.17) is 0 Å². The molecule has 26 heavy (non-hydrogen) atoms. The molecule has 3 rings (SSSR count). The first kappa shape index (κ1) is 18.2. The number of nitrogens with zero attached hydrogens (tertiary/aromatic N) is 3. The topological polar surface area (TPSA) is 70.2 Å². The van der Waals surface area contributed by atoms with Gasteiger partial charge in [-0.2, -0.15) is 0 Å². The maximum atomic E-state index is 12.2. The summed E-state index contributed by atoms with van der Waals surface area (Å²) in [4.78, 5) is 23.1. The third-order valence-corrected chi connectivity index (χ3v) is 4.69. The molecule has 1 aromatic carbocycles. The summed E-state index contributed by atoms with van der Waals surface area (Å²) < 4.78 is 0. The quantitative estimate of drug-likeness (QED) is 0.797. The zero-order valence-electron chi connectivity index (χ0n) is 15.3. The molecule has 6 heteroatoms. The van der Waals surface area contributed by atoms with Gasteiger partial charge in [0.2, 0.25) is 5.91 Å². The van der Waals surface area contributed by atoms with Crippen LogP contribution >= 0.6 is 0 Å². The summed E-state index contributed by atoms with van der Waals surface area (Å²) in [6.45, 7) is 4.85. The molecule has 1 aliphatic rings. The van der Waals surface area contributed by atoms with Crippen molar-refractivity contribution in [3.05, 3.63) is 42.7 Å². The minimum Gasteiger partial charge on any atom is -0.370 e. The van der Waals surface area contributed by atoms with Crippen LogP contribution in [-0.2, 0) is 4.79 Å². The molecule has 1 saturated heterocycles. The van der Waals surface area contributed by atoms with Gasteiger partial charge in [0, 0.05) is 37.8 Å². The molecule has 6 nitrogen and oxygen atoms in total. The summed E-state index contributed by atoms with van der Waals surface area (Å²) in [6.07, 6.45) is 5.37. The van der Waals surface area contributed by atoms with Crippen molar-refractivity contribution in [2.45, 2.75) is 32.6 Å². The van der Waals surface area contributed by atoms with Crippen molar-refractivity contribution < 1.29 is 4.79 Å². The summed E-state index contributed by atoms with van der Waals surface area (Å²) in [5.74, 6) is 2.43. The van der Waals surface area contributed by atoms with E-state index in [1.54, 1.807) is 6.33 Å². The zero-order valence-corrected chi connectivity index (χ0v) is 15.3. The maximum Gasteiger partial charge on any atom is 0.224 e. The number of carbonyl (C=O) groups is 1. The monoisotopic (exact) mass is 353 g/mol. The van der Waals surface area contributed by atoms with E-state index in [2.05, 4.69) is 32.4 Å². The van der Waals surface area contributed by atoms with Crippen molar-refractivity contribution >= 4 is 23.2 Å². The molecule has 1 amide bonds. The zero-order chi connectivity index (χ0) is 18.2. The fraction of sp³-hybridized carbons (Fsp3) is 0.450. The Morgan fingerprint density at radius 3 is 2.92 bits per heavy atom. The molecule has 2 heterocycles. The number of nitrogens with one attached hydrogen (secondary N) is 2. The Morgan fingerprint density at radius 1 is 1.27 bits per heavy atom. The Bertz CT molecular complexity index is 706. The SMILES string of the molecule is CCNc1cc(N2CCCC(CCC(=O)Nc3ccccc3)C2)ncn1. The molecule has 138 valence electrons. The number of piperidine rings is 1. The lowest BCUT2D eigenvalue weighted by atomic mass is 9.93. The lowest BCUT2D eigenvalue weighted by Gasteiger charge is -2.33. The molecule has 1 fully saturated rings. The van der Waals surface area contributed by atoms with E-state index < -0.39 is 0 Å². The standard InChI is InChI=1S/C20H27N5O/c1-2-21-18-13-19(23-15-22-18)25-12-6-7-16(14-25)10-11-20(26)24-17-8-4-3-5-9-17/h3-5,8-9,13,15-16H,2,6-7,10-12,14H2,1H3,(H,24,26)(H,21,22,23). The van der Waals surface area contributed by atoms with Crippen LogP contribution in [0.4, 0.5) is 17.3 Å². The summed E-state index contributed by atoms with van der Waals surface area (Å²) in [5.41, 5.74) is 0.861. The summed E-state index contributed by atoms with van der Waals surface area (Å²) in [6, 6.07) is 11.6. The van der Waals surface area contributed by atoms with Crippen LogP contribution in [0.5, 0.6) is 0 Å². The van der Waals surface area contributed by atoms with Crippen LogP contribution in [0.2, 0.25) is 0 Å². The van der Waals surface area contributed by atoms with Crippen LogP contribution in [-0.4, -0.2) is 35.5 Å². The molecule has 0 saturated carbocycles. The first-order valence-electron chi connectivity index (χ1n) is 9.40. The fourth-order valence-corrected chi connectivity index (χ4v) is 3.39. The highest BCUT2D eigenvalue weighted by atomic mass is 16.1. The van der Waals surface area contributed by atoms with E-state index in [9.17, 15) is 4.79 Å². The largest absolute Gasteiger partial charge is 0.370 e. The Kier molecular flexibility index (Phi) is 6.41. The van der Waals surface area contributed by atoms with E-state index in [1.165, 1.54) is 6.42 Å². The normalized spacial score (nSPS) is 17.0. The number of hydrogen-bond donors (Lipinski definition) is 2. The molecular formula is C20H27N5O. The Morgan fingerprint density at radius 2 is 2.12 bits per heavy atom. The van der Waals surface area contributed by atoms with Crippen molar-refractivity contribution in [2.75, 3.05) is 35.2 Å². The summed E-state index contributed by atoms with van der Waals surface area (Å²) >= 11 is 0. The van der Waals surface area contributed by atoms with Crippen LogP contribution in [0.25, 0.3) is 0 Å². The number of para-hydroxylation sites is 1. The van der Waals surface area contributed by atoms with Gasteiger partial charge in [0.1, 0.15) is 18.0 Å². The Balaban J connectivity index is 1.50. The summed E-state index contributed by atoms with van der Waals surface area (Å²) in [7, 11) is 0. The van der Waals surface area contributed by atoms with E-state index in [0.717, 1.165) is 49.8 Å². The number of anilines is 3. The predicted octanol–water partition coefficient (Wildman–Crippen LogP) is 3.54. The number of rotatable bonds is 7. The lowest BCUT2D eigenvalue weighted by molar-refractivity contribution is -0.116. The van der Waals surface area contributed by atoms with Crippen LogP contribution in [0, 0.1) is 5.92 Å². The van der Waals surface area contributed by atoms with Crippen LogP contribution in [0.3, 0.4) is 0 Å². The molecule has 2 aromatic rings. The lowest BCUT2D eigenvalue weighted by Crippen LogP contribution is -2.36. The van der Waals surface area contributed by atoms with Gasteiger partial charge in [-0.1, -0.05) is 18.2 Å². The first-order valence-corrected chi connectivity index (χ1v) is 9.40.